The first-order valence-electron chi connectivity index (χ1n) is 7.64. The minimum Gasteiger partial charge on any atom is -0.465 e. The van der Waals surface area contributed by atoms with Gasteiger partial charge in [-0.1, -0.05) is 0 Å². The second-order valence-electron chi connectivity index (χ2n) is 4.72. The van der Waals surface area contributed by atoms with Crippen molar-refractivity contribution in [2.45, 2.75) is 20.8 Å². The third kappa shape index (κ3) is 5.54. The number of carbonyl (C=O) groups excluding carboxylic acids is 1. The maximum absolute atomic E-state index is 13.3. The van der Waals surface area contributed by atoms with Crippen LogP contribution >= 0.6 is 15.0 Å². The molecule has 136 valence electrons. The Bertz CT molecular complexity index is 617. The van der Waals surface area contributed by atoms with E-state index in [-0.39, 0.29) is 25.7 Å². The molecular weight excluding hydrogens is 354 g/mol. The number of ether oxygens (including phenoxy) is 1. The second-order valence-corrected chi connectivity index (χ2v) is 9.71. The van der Waals surface area contributed by atoms with Gasteiger partial charge in [0.2, 0.25) is 7.37 Å². The Morgan fingerprint density at radius 1 is 0.917 bits per heavy atom. The molecule has 7 nitrogen and oxygen atoms in total. The van der Waals surface area contributed by atoms with Crippen LogP contribution in [0.4, 0.5) is 0 Å². The molecule has 9 heteroatoms. The van der Waals surface area contributed by atoms with Crippen molar-refractivity contribution in [1.29, 1.82) is 0 Å². The highest BCUT2D eigenvalue weighted by atomic mass is 31.2. The Kier molecular flexibility index (Phi) is 8.34. The predicted molar refractivity (Wildman–Crippen MR) is 92.4 cm³/mol. The van der Waals surface area contributed by atoms with Crippen LogP contribution in [-0.4, -0.2) is 38.8 Å². The van der Waals surface area contributed by atoms with Crippen LogP contribution in [0.25, 0.3) is 0 Å². The van der Waals surface area contributed by atoms with Crippen molar-refractivity contribution in [1.82, 2.24) is 0 Å². The van der Waals surface area contributed by atoms with Gasteiger partial charge < -0.3 is 18.3 Å². The molecule has 0 saturated heterocycles. The van der Waals surface area contributed by atoms with Gasteiger partial charge >= 0.3 is 13.6 Å². The molecule has 0 fully saturated rings. The van der Waals surface area contributed by atoms with Crippen LogP contribution in [-0.2, 0) is 27.4 Å². The lowest BCUT2D eigenvalue weighted by atomic mass is 10.2. The Hall–Kier alpha value is -0.970. The van der Waals surface area contributed by atoms with Crippen molar-refractivity contribution in [3.8, 4) is 0 Å². The largest absolute Gasteiger partial charge is 0.465 e. The van der Waals surface area contributed by atoms with Crippen molar-refractivity contribution in [2.24, 2.45) is 0 Å². The summed E-state index contributed by atoms with van der Waals surface area (Å²) in [5, 5.41) is 0.344. The first kappa shape index (κ1) is 21.1. The maximum atomic E-state index is 13.3. The number of benzene rings is 1. The van der Waals surface area contributed by atoms with Gasteiger partial charge in [0.15, 0.2) is 0 Å². The topological polar surface area (TPSA) is 88.1 Å². The van der Waals surface area contributed by atoms with E-state index in [1.807, 2.05) is 0 Å². The number of carbonyl (C=O) groups is 1. The summed E-state index contributed by atoms with van der Waals surface area (Å²) >= 11 is 0. The van der Waals surface area contributed by atoms with Gasteiger partial charge in [-0.2, -0.15) is 0 Å². The molecule has 1 atom stereocenters. The number of esters is 1. The van der Waals surface area contributed by atoms with Crippen LogP contribution < -0.4 is 5.30 Å². The quantitative estimate of drug-likeness (QED) is 0.454. The zero-order valence-electron chi connectivity index (χ0n) is 14.4. The summed E-state index contributed by atoms with van der Waals surface area (Å²) in [4.78, 5) is 11.5. The first-order valence-corrected chi connectivity index (χ1v) is 11.2. The van der Waals surface area contributed by atoms with Gasteiger partial charge in [-0.15, -0.1) is 0 Å². The van der Waals surface area contributed by atoms with Gasteiger partial charge in [-0.05, 0) is 45.0 Å². The van der Waals surface area contributed by atoms with E-state index in [0.29, 0.717) is 10.9 Å². The molecule has 0 aliphatic carbocycles. The zero-order valence-corrected chi connectivity index (χ0v) is 16.2. The van der Waals surface area contributed by atoms with E-state index in [1.54, 1.807) is 20.8 Å². The van der Waals surface area contributed by atoms with Gasteiger partial charge in [0.1, 0.15) is 5.90 Å². The lowest BCUT2D eigenvalue weighted by Crippen LogP contribution is -2.14. The van der Waals surface area contributed by atoms with Crippen LogP contribution in [0.15, 0.2) is 24.3 Å². The fourth-order valence-corrected chi connectivity index (χ4v) is 7.58. The fraction of sp³-hybridized carbons (Fsp3) is 0.533. The van der Waals surface area contributed by atoms with Crippen molar-refractivity contribution < 1.29 is 32.2 Å². The van der Waals surface area contributed by atoms with Crippen LogP contribution in [0.2, 0.25) is 0 Å². The lowest BCUT2D eigenvalue weighted by molar-refractivity contribution is 0.0600. The Balaban J connectivity index is 3.17. The molecule has 0 amide bonds. The zero-order chi connectivity index (χ0) is 18.2. The summed E-state index contributed by atoms with van der Waals surface area (Å²) in [5.74, 6) is -0.852. The Morgan fingerprint density at radius 2 is 1.42 bits per heavy atom. The van der Waals surface area contributed by atoms with E-state index >= 15 is 0 Å². The molecule has 0 radical (unpaired) electrons. The number of hydrogen-bond acceptors (Lipinski definition) is 7. The molecule has 1 rings (SSSR count). The molecule has 1 unspecified atom stereocenters. The third-order valence-electron chi connectivity index (χ3n) is 3.03. The molecule has 0 saturated carbocycles. The van der Waals surface area contributed by atoms with Crippen molar-refractivity contribution in [2.75, 3.05) is 32.8 Å². The van der Waals surface area contributed by atoms with Gasteiger partial charge in [0, 0.05) is 5.30 Å². The van der Waals surface area contributed by atoms with Crippen LogP contribution in [0.3, 0.4) is 0 Å². The SMILES string of the molecule is CCOP(=O)(CP(=O)(OCC)c1ccc(C(=O)OC)cc1)OCC. The minimum atomic E-state index is -3.55. The highest BCUT2D eigenvalue weighted by molar-refractivity contribution is 7.78. The van der Waals surface area contributed by atoms with Crippen LogP contribution in [0.1, 0.15) is 31.1 Å². The average molecular weight is 378 g/mol. The molecule has 0 bridgehead atoms. The van der Waals surface area contributed by atoms with Crippen molar-refractivity contribution >= 4 is 26.2 Å². The summed E-state index contributed by atoms with van der Waals surface area (Å²) in [5.41, 5.74) is 0.321. The van der Waals surface area contributed by atoms with Crippen LogP contribution in [0, 0.1) is 0 Å². The maximum Gasteiger partial charge on any atom is 0.340 e. The van der Waals surface area contributed by atoms with E-state index in [2.05, 4.69) is 4.74 Å². The van der Waals surface area contributed by atoms with Crippen molar-refractivity contribution in [3.63, 3.8) is 0 Å². The molecule has 0 aliphatic rings. The van der Waals surface area contributed by atoms with E-state index in [1.165, 1.54) is 31.4 Å². The molecule has 1 aromatic rings. The van der Waals surface area contributed by atoms with Crippen molar-refractivity contribution in [3.05, 3.63) is 29.8 Å². The first-order chi connectivity index (χ1) is 11.3. The van der Waals surface area contributed by atoms with E-state index in [4.69, 9.17) is 13.6 Å². The minimum absolute atomic E-state index is 0.171. The molecule has 0 heterocycles. The van der Waals surface area contributed by atoms with Gasteiger partial charge in [0.25, 0.3) is 0 Å². The van der Waals surface area contributed by atoms with E-state index < -0.39 is 20.9 Å². The smallest absolute Gasteiger partial charge is 0.340 e. The third-order valence-corrected chi connectivity index (χ3v) is 8.97. The Morgan fingerprint density at radius 3 is 1.83 bits per heavy atom. The summed E-state index contributed by atoms with van der Waals surface area (Å²) in [6.07, 6.45) is 0. The highest BCUT2D eigenvalue weighted by Gasteiger charge is 2.38. The number of methoxy groups -OCH3 is 1. The van der Waals surface area contributed by atoms with E-state index in [0.717, 1.165) is 0 Å². The molecular formula is C15H24O7P2. The molecule has 24 heavy (non-hydrogen) atoms. The predicted octanol–water partition coefficient (Wildman–Crippen LogP) is 3.64. The van der Waals surface area contributed by atoms with Gasteiger partial charge in [-0.25, -0.2) is 4.79 Å². The Labute approximate surface area is 142 Å². The lowest BCUT2D eigenvalue weighted by Gasteiger charge is -2.23. The summed E-state index contributed by atoms with van der Waals surface area (Å²) in [7, 11) is -5.75. The normalized spacial score (nSPS) is 14.2. The molecule has 0 aromatic heterocycles. The average Bonchev–Trinajstić information content (AvgIpc) is 2.54. The number of rotatable bonds is 10. The van der Waals surface area contributed by atoms with Crippen LogP contribution in [0.5, 0.6) is 0 Å². The number of hydrogen-bond donors (Lipinski definition) is 0. The van der Waals surface area contributed by atoms with E-state index in [9.17, 15) is 13.9 Å². The molecule has 0 N–H and O–H groups in total. The van der Waals surface area contributed by atoms with Gasteiger partial charge in [0.05, 0.1) is 32.5 Å². The summed E-state index contributed by atoms with van der Waals surface area (Å²) in [6.45, 7) is 5.58. The monoisotopic (exact) mass is 378 g/mol. The summed E-state index contributed by atoms with van der Waals surface area (Å²) < 4.78 is 46.5. The highest BCUT2D eigenvalue weighted by Crippen LogP contribution is 2.62. The standard InChI is InChI=1S/C15H24O7P2/c1-5-20-23(17,12-24(18,21-6-2)22-7-3)14-10-8-13(9-11-14)15(16)19-4/h8-11H,5-7,12H2,1-4H3. The molecule has 1 aromatic carbocycles. The molecule has 0 spiro atoms. The fourth-order valence-electron chi connectivity index (χ4n) is 2.09. The molecule has 0 aliphatic heterocycles. The summed E-state index contributed by atoms with van der Waals surface area (Å²) in [6, 6.07) is 5.98. The second kappa shape index (κ2) is 9.50. The van der Waals surface area contributed by atoms with Gasteiger partial charge in [-0.3, -0.25) is 9.13 Å².